The number of aromatic nitrogens is 1. The predicted molar refractivity (Wildman–Crippen MR) is 86.5 cm³/mol. The van der Waals surface area contributed by atoms with Crippen LogP contribution in [0.3, 0.4) is 0 Å². The number of hydrogen-bond donors (Lipinski definition) is 0. The van der Waals surface area contributed by atoms with Crippen molar-refractivity contribution in [3.05, 3.63) is 16.9 Å². The molecular formula is C16H20N2O3S. The van der Waals surface area contributed by atoms with Crippen molar-refractivity contribution in [2.24, 2.45) is 10.4 Å². The van der Waals surface area contributed by atoms with Gasteiger partial charge in [0, 0.05) is 24.1 Å². The van der Waals surface area contributed by atoms with Gasteiger partial charge in [0.1, 0.15) is 13.2 Å². The van der Waals surface area contributed by atoms with Gasteiger partial charge in [-0.2, -0.15) is 4.99 Å². The molecule has 2 heterocycles. The van der Waals surface area contributed by atoms with Gasteiger partial charge in [-0.15, -0.1) is 0 Å². The van der Waals surface area contributed by atoms with Crippen LogP contribution in [0.15, 0.2) is 17.1 Å². The molecule has 0 fully saturated rings. The number of carbonyl (C=O) groups excluding carboxylic acids is 1. The van der Waals surface area contributed by atoms with E-state index in [1.807, 2.05) is 44.4 Å². The van der Waals surface area contributed by atoms with E-state index in [2.05, 4.69) is 4.99 Å². The first-order valence-electron chi connectivity index (χ1n) is 7.42. The third kappa shape index (κ3) is 2.63. The van der Waals surface area contributed by atoms with E-state index in [0.717, 1.165) is 33.1 Å². The minimum Gasteiger partial charge on any atom is -0.486 e. The van der Waals surface area contributed by atoms with Crippen LogP contribution in [0.4, 0.5) is 0 Å². The average Bonchev–Trinajstić information content (AvgIpc) is 2.79. The van der Waals surface area contributed by atoms with E-state index in [0.29, 0.717) is 13.2 Å². The van der Waals surface area contributed by atoms with E-state index in [9.17, 15) is 4.79 Å². The Hall–Kier alpha value is -1.82. The quantitative estimate of drug-likeness (QED) is 0.812. The molecule has 0 spiro atoms. The highest BCUT2D eigenvalue weighted by molar-refractivity contribution is 7.16. The number of fused-ring (bicyclic) bond motifs is 2. The van der Waals surface area contributed by atoms with E-state index < -0.39 is 5.41 Å². The SMILES string of the molecule is CCn1c(=NC(=O)C(C)(C)C)sc2cc3c(cc21)OCCO3. The van der Waals surface area contributed by atoms with Crippen LogP contribution >= 0.6 is 11.3 Å². The van der Waals surface area contributed by atoms with Crippen LogP contribution in [0, 0.1) is 5.41 Å². The molecule has 5 nitrogen and oxygen atoms in total. The maximum absolute atomic E-state index is 12.2. The van der Waals surface area contributed by atoms with Gasteiger partial charge in [-0.3, -0.25) is 4.79 Å². The molecule has 2 aromatic rings. The molecule has 1 aliphatic heterocycles. The molecule has 3 rings (SSSR count). The van der Waals surface area contributed by atoms with Gasteiger partial charge in [-0.05, 0) is 6.92 Å². The average molecular weight is 320 g/mol. The lowest BCUT2D eigenvalue weighted by molar-refractivity contribution is -0.125. The van der Waals surface area contributed by atoms with Crippen LogP contribution in [0.2, 0.25) is 0 Å². The van der Waals surface area contributed by atoms with Crippen LogP contribution in [-0.4, -0.2) is 23.7 Å². The maximum atomic E-state index is 12.2. The van der Waals surface area contributed by atoms with Crippen molar-refractivity contribution in [2.75, 3.05) is 13.2 Å². The number of carbonyl (C=O) groups is 1. The number of amides is 1. The molecule has 0 atom stereocenters. The monoisotopic (exact) mass is 320 g/mol. The van der Waals surface area contributed by atoms with Gasteiger partial charge in [0.15, 0.2) is 16.3 Å². The summed E-state index contributed by atoms with van der Waals surface area (Å²) < 4.78 is 14.4. The summed E-state index contributed by atoms with van der Waals surface area (Å²) >= 11 is 1.51. The number of hydrogen-bond acceptors (Lipinski definition) is 4. The minimum absolute atomic E-state index is 0.112. The molecule has 1 aromatic heterocycles. The fraction of sp³-hybridized carbons (Fsp3) is 0.500. The topological polar surface area (TPSA) is 52.8 Å². The number of rotatable bonds is 1. The Morgan fingerprint density at radius 2 is 1.91 bits per heavy atom. The Morgan fingerprint density at radius 3 is 2.50 bits per heavy atom. The van der Waals surface area contributed by atoms with Crippen molar-refractivity contribution in [1.82, 2.24) is 4.57 Å². The molecule has 0 bridgehead atoms. The van der Waals surface area contributed by atoms with Gasteiger partial charge in [0.05, 0.1) is 10.2 Å². The molecule has 118 valence electrons. The minimum atomic E-state index is -0.479. The summed E-state index contributed by atoms with van der Waals surface area (Å²) in [5.41, 5.74) is 0.546. The van der Waals surface area contributed by atoms with E-state index in [1.54, 1.807) is 0 Å². The first-order valence-corrected chi connectivity index (χ1v) is 8.24. The van der Waals surface area contributed by atoms with E-state index in [-0.39, 0.29) is 5.91 Å². The molecule has 1 aliphatic rings. The number of thiazole rings is 1. The molecule has 6 heteroatoms. The summed E-state index contributed by atoms with van der Waals surface area (Å²) in [7, 11) is 0. The van der Waals surface area contributed by atoms with Crippen molar-refractivity contribution in [3.63, 3.8) is 0 Å². The molecule has 0 aliphatic carbocycles. The van der Waals surface area contributed by atoms with Gasteiger partial charge in [0.2, 0.25) is 0 Å². The largest absolute Gasteiger partial charge is 0.486 e. The van der Waals surface area contributed by atoms with Gasteiger partial charge in [0.25, 0.3) is 5.91 Å². The fourth-order valence-electron chi connectivity index (χ4n) is 2.25. The fourth-order valence-corrected chi connectivity index (χ4v) is 3.35. The lowest BCUT2D eigenvalue weighted by Crippen LogP contribution is -2.23. The van der Waals surface area contributed by atoms with Gasteiger partial charge >= 0.3 is 0 Å². The zero-order valence-corrected chi connectivity index (χ0v) is 14.1. The lowest BCUT2D eigenvalue weighted by Gasteiger charge is -2.18. The summed E-state index contributed by atoms with van der Waals surface area (Å²) in [5.74, 6) is 1.41. The van der Waals surface area contributed by atoms with Crippen molar-refractivity contribution in [3.8, 4) is 11.5 Å². The van der Waals surface area contributed by atoms with Gasteiger partial charge < -0.3 is 14.0 Å². The van der Waals surface area contributed by atoms with Crippen molar-refractivity contribution < 1.29 is 14.3 Å². The normalized spacial score (nSPS) is 15.4. The van der Waals surface area contributed by atoms with Gasteiger partial charge in [-0.25, -0.2) is 0 Å². The number of nitrogens with zero attached hydrogens (tertiary/aromatic N) is 2. The molecule has 0 saturated heterocycles. The first-order chi connectivity index (χ1) is 10.4. The molecular weight excluding hydrogens is 300 g/mol. The smallest absolute Gasteiger partial charge is 0.253 e. The Balaban J connectivity index is 2.20. The number of aryl methyl sites for hydroxylation is 1. The second-order valence-electron chi connectivity index (χ2n) is 6.26. The molecule has 0 N–H and O–H groups in total. The summed E-state index contributed by atoms with van der Waals surface area (Å²) in [5, 5.41) is 0. The van der Waals surface area contributed by atoms with E-state index in [4.69, 9.17) is 9.47 Å². The van der Waals surface area contributed by atoms with Crippen LogP contribution in [-0.2, 0) is 11.3 Å². The summed E-state index contributed by atoms with van der Waals surface area (Å²) in [6.07, 6.45) is 0. The number of ether oxygens (including phenoxy) is 2. The second-order valence-corrected chi connectivity index (χ2v) is 7.27. The first kappa shape index (κ1) is 15.1. The standard InChI is InChI=1S/C16H20N2O3S/c1-5-18-10-8-11-12(21-7-6-20-11)9-13(10)22-15(18)17-14(19)16(2,3)4/h8-9H,5-7H2,1-4H3. The summed E-state index contributed by atoms with van der Waals surface area (Å²) in [6.45, 7) is 9.56. The number of benzene rings is 1. The maximum Gasteiger partial charge on any atom is 0.253 e. The highest BCUT2D eigenvalue weighted by Gasteiger charge is 2.21. The van der Waals surface area contributed by atoms with Crippen LogP contribution < -0.4 is 14.3 Å². The zero-order valence-electron chi connectivity index (χ0n) is 13.3. The van der Waals surface area contributed by atoms with E-state index >= 15 is 0 Å². The van der Waals surface area contributed by atoms with Gasteiger partial charge in [-0.1, -0.05) is 32.1 Å². The molecule has 0 unspecified atom stereocenters. The molecule has 1 aromatic carbocycles. The Bertz CT molecular complexity index is 796. The molecule has 22 heavy (non-hydrogen) atoms. The second kappa shape index (κ2) is 5.43. The van der Waals surface area contributed by atoms with Crippen LogP contribution in [0.5, 0.6) is 11.5 Å². The zero-order chi connectivity index (χ0) is 15.9. The Labute approximate surface area is 133 Å². The summed E-state index contributed by atoms with van der Waals surface area (Å²) in [6, 6.07) is 3.95. The third-order valence-electron chi connectivity index (χ3n) is 3.50. The Kier molecular flexibility index (Phi) is 3.72. The van der Waals surface area contributed by atoms with Crippen LogP contribution in [0.1, 0.15) is 27.7 Å². The Morgan fingerprint density at radius 1 is 1.27 bits per heavy atom. The highest BCUT2D eigenvalue weighted by Crippen LogP contribution is 2.35. The molecule has 0 saturated carbocycles. The highest BCUT2D eigenvalue weighted by atomic mass is 32.1. The van der Waals surface area contributed by atoms with Crippen LogP contribution in [0.25, 0.3) is 10.2 Å². The summed E-state index contributed by atoms with van der Waals surface area (Å²) in [4.78, 5) is 17.3. The molecule has 1 amide bonds. The molecule has 0 radical (unpaired) electrons. The van der Waals surface area contributed by atoms with E-state index in [1.165, 1.54) is 11.3 Å². The van der Waals surface area contributed by atoms with Crippen molar-refractivity contribution in [2.45, 2.75) is 34.2 Å². The van der Waals surface area contributed by atoms with Crippen molar-refractivity contribution in [1.29, 1.82) is 0 Å². The predicted octanol–water partition coefficient (Wildman–Crippen LogP) is 2.97. The lowest BCUT2D eigenvalue weighted by atomic mass is 9.96. The third-order valence-corrected chi connectivity index (χ3v) is 4.54. The van der Waals surface area contributed by atoms with Crippen molar-refractivity contribution >= 4 is 27.5 Å².